The third-order valence-corrected chi connectivity index (χ3v) is 3.77. The van der Waals surface area contributed by atoms with Crippen molar-refractivity contribution in [1.82, 2.24) is 5.32 Å². The average molecular weight is 278 g/mol. The highest BCUT2D eigenvalue weighted by Crippen LogP contribution is 2.31. The van der Waals surface area contributed by atoms with E-state index in [1.807, 2.05) is 31.2 Å². The molecule has 0 saturated carbocycles. The van der Waals surface area contributed by atoms with Crippen LogP contribution in [0, 0.1) is 6.92 Å². The van der Waals surface area contributed by atoms with Crippen LogP contribution in [-0.4, -0.2) is 6.54 Å². The molecule has 1 aromatic carbocycles. The quantitative estimate of drug-likeness (QED) is 0.870. The molecule has 0 amide bonds. The largest absolute Gasteiger partial charge is 0.464 e. The van der Waals surface area contributed by atoms with E-state index in [1.165, 1.54) is 0 Å². The van der Waals surface area contributed by atoms with Gasteiger partial charge in [0.15, 0.2) is 0 Å². The highest BCUT2D eigenvalue weighted by molar-refractivity contribution is 6.32. The maximum Gasteiger partial charge on any atom is 0.125 e. The fourth-order valence-corrected chi connectivity index (χ4v) is 2.44. The van der Waals surface area contributed by atoms with Gasteiger partial charge in [-0.15, -0.1) is 0 Å². The molecule has 19 heavy (non-hydrogen) atoms. The van der Waals surface area contributed by atoms with E-state index in [0.717, 1.165) is 40.6 Å². The van der Waals surface area contributed by atoms with E-state index in [2.05, 4.69) is 25.2 Å². The molecule has 3 heteroatoms. The average Bonchev–Trinajstić information content (AvgIpc) is 2.88. The first-order valence-corrected chi connectivity index (χ1v) is 7.12. The second-order valence-electron chi connectivity index (χ2n) is 4.63. The number of furan rings is 1. The van der Waals surface area contributed by atoms with Crippen molar-refractivity contribution in [3.8, 4) is 0 Å². The van der Waals surface area contributed by atoms with Gasteiger partial charge in [0, 0.05) is 11.4 Å². The normalized spacial score (nSPS) is 12.6. The summed E-state index contributed by atoms with van der Waals surface area (Å²) in [5, 5.41) is 4.25. The third kappa shape index (κ3) is 3.02. The van der Waals surface area contributed by atoms with E-state index in [9.17, 15) is 0 Å². The lowest BCUT2D eigenvalue weighted by atomic mass is 10.0. The first-order chi connectivity index (χ1) is 9.17. The summed E-state index contributed by atoms with van der Waals surface area (Å²) < 4.78 is 5.88. The Labute approximate surface area is 119 Å². The van der Waals surface area contributed by atoms with Crippen molar-refractivity contribution in [3.63, 3.8) is 0 Å². The van der Waals surface area contributed by atoms with Crippen LogP contribution in [0.1, 0.15) is 42.5 Å². The van der Waals surface area contributed by atoms with Gasteiger partial charge in [-0.1, -0.05) is 43.6 Å². The predicted molar refractivity (Wildman–Crippen MR) is 79.8 cm³/mol. The molecule has 0 aliphatic heterocycles. The summed E-state index contributed by atoms with van der Waals surface area (Å²) in [6, 6.07) is 10.2. The van der Waals surface area contributed by atoms with Crippen LogP contribution >= 0.6 is 11.6 Å². The molecule has 1 atom stereocenters. The third-order valence-electron chi connectivity index (χ3n) is 3.26. The Bertz CT molecular complexity index is 547. The van der Waals surface area contributed by atoms with Gasteiger partial charge in [-0.3, -0.25) is 0 Å². The Hall–Kier alpha value is -1.25. The lowest BCUT2D eigenvalue weighted by Gasteiger charge is -2.18. The Morgan fingerprint density at radius 3 is 2.63 bits per heavy atom. The Morgan fingerprint density at radius 2 is 2.00 bits per heavy atom. The van der Waals surface area contributed by atoms with E-state index in [4.69, 9.17) is 16.0 Å². The molecule has 0 aliphatic carbocycles. The van der Waals surface area contributed by atoms with Gasteiger partial charge in [0.25, 0.3) is 0 Å². The van der Waals surface area contributed by atoms with Crippen LogP contribution < -0.4 is 5.32 Å². The molecule has 0 saturated heterocycles. The number of hydrogen-bond donors (Lipinski definition) is 1. The van der Waals surface area contributed by atoms with Crippen molar-refractivity contribution < 1.29 is 4.42 Å². The second-order valence-corrected chi connectivity index (χ2v) is 5.00. The second kappa shape index (κ2) is 6.27. The standard InChI is InChI=1S/C16H20ClNO/c1-4-12-9-10-14(19-12)16(18-5-2)13-8-6-7-11(3)15(13)17/h6-10,16,18H,4-5H2,1-3H3. The molecule has 1 aromatic heterocycles. The molecular weight excluding hydrogens is 258 g/mol. The molecule has 2 rings (SSSR count). The molecule has 0 aliphatic rings. The summed E-state index contributed by atoms with van der Waals surface area (Å²) in [6.45, 7) is 7.05. The number of aryl methyl sites for hydroxylation is 2. The number of nitrogens with one attached hydrogen (secondary N) is 1. The minimum Gasteiger partial charge on any atom is -0.464 e. The van der Waals surface area contributed by atoms with Crippen LogP contribution in [0.5, 0.6) is 0 Å². The summed E-state index contributed by atoms with van der Waals surface area (Å²) in [5.41, 5.74) is 2.16. The van der Waals surface area contributed by atoms with Crippen molar-refractivity contribution in [2.45, 2.75) is 33.2 Å². The van der Waals surface area contributed by atoms with Crippen LogP contribution in [0.25, 0.3) is 0 Å². The van der Waals surface area contributed by atoms with Crippen molar-refractivity contribution in [2.24, 2.45) is 0 Å². The van der Waals surface area contributed by atoms with E-state index in [0.29, 0.717) is 0 Å². The SMILES string of the molecule is CCNC(c1ccc(CC)o1)c1cccc(C)c1Cl. The van der Waals surface area contributed by atoms with E-state index in [1.54, 1.807) is 0 Å². The van der Waals surface area contributed by atoms with Gasteiger partial charge in [-0.05, 0) is 36.7 Å². The highest BCUT2D eigenvalue weighted by Gasteiger charge is 2.20. The van der Waals surface area contributed by atoms with E-state index >= 15 is 0 Å². The van der Waals surface area contributed by atoms with Gasteiger partial charge in [-0.2, -0.15) is 0 Å². The number of benzene rings is 1. The fraction of sp³-hybridized carbons (Fsp3) is 0.375. The Balaban J connectivity index is 2.42. The number of hydrogen-bond acceptors (Lipinski definition) is 2. The molecule has 0 spiro atoms. The summed E-state index contributed by atoms with van der Waals surface area (Å²) >= 11 is 6.43. The maximum absolute atomic E-state index is 6.43. The molecule has 0 fully saturated rings. The monoisotopic (exact) mass is 277 g/mol. The smallest absolute Gasteiger partial charge is 0.125 e. The van der Waals surface area contributed by atoms with Gasteiger partial charge in [0.1, 0.15) is 11.5 Å². The molecule has 2 nitrogen and oxygen atoms in total. The van der Waals surface area contributed by atoms with E-state index < -0.39 is 0 Å². The van der Waals surface area contributed by atoms with Crippen molar-refractivity contribution in [2.75, 3.05) is 6.54 Å². The molecule has 2 aromatic rings. The minimum atomic E-state index is 0.0118. The Morgan fingerprint density at radius 1 is 1.21 bits per heavy atom. The van der Waals surface area contributed by atoms with Crippen LogP contribution in [0.2, 0.25) is 5.02 Å². The lowest BCUT2D eigenvalue weighted by molar-refractivity contribution is 0.426. The molecule has 102 valence electrons. The predicted octanol–water partition coefficient (Wildman–Crippen LogP) is 4.50. The van der Waals surface area contributed by atoms with Crippen LogP contribution in [0.15, 0.2) is 34.7 Å². The number of halogens is 1. The minimum absolute atomic E-state index is 0.0118. The highest BCUT2D eigenvalue weighted by atomic mass is 35.5. The van der Waals surface area contributed by atoms with Crippen molar-refractivity contribution in [1.29, 1.82) is 0 Å². The first kappa shape index (κ1) is 14.2. The first-order valence-electron chi connectivity index (χ1n) is 6.74. The van der Waals surface area contributed by atoms with Gasteiger partial charge in [0.2, 0.25) is 0 Å². The molecule has 0 radical (unpaired) electrons. The van der Waals surface area contributed by atoms with Crippen LogP contribution in [0.3, 0.4) is 0 Å². The molecule has 1 heterocycles. The lowest BCUT2D eigenvalue weighted by Crippen LogP contribution is -2.22. The van der Waals surface area contributed by atoms with Gasteiger partial charge < -0.3 is 9.73 Å². The summed E-state index contributed by atoms with van der Waals surface area (Å²) in [7, 11) is 0. The summed E-state index contributed by atoms with van der Waals surface area (Å²) in [5.74, 6) is 1.92. The van der Waals surface area contributed by atoms with Crippen molar-refractivity contribution in [3.05, 3.63) is 58.0 Å². The number of rotatable bonds is 5. The fourth-order valence-electron chi connectivity index (χ4n) is 2.20. The van der Waals surface area contributed by atoms with Gasteiger partial charge in [-0.25, -0.2) is 0 Å². The zero-order valence-corrected chi connectivity index (χ0v) is 12.4. The van der Waals surface area contributed by atoms with Gasteiger partial charge in [0.05, 0.1) is 6.04 Å². The van der Waals surface area contributed by atoms with Crippen molar-refractivity contribution >= 4 is 11.6 Å². The molecule has 1 N–H and O–H groups in total. The zero-order chi connectivity index (χ0) is 13.8. The summed E-state index contributed by atoms with van der Waals surface area (Å²) in [4.78, 5) is 0. The molecular formula is C16H20ClNO. The van der Waals surface area contributed by atoms with Crippen LogP contribution in [-0.2, 0) is 6.42 Å². The topological polar surface area (TPSA) is 25.2 Å². The van der Waals surface area contributed by atoms with Crippen LogP contribution in [0.4, 0.5) is 0 Å². The van der Waals surface area contributed by atoms with Gasteiger partial charge >= 0.3 is 0 Å². The Kier molecular flexibility index (Phi) is 4.67. The molecule has 1 unspecified atom stereocenters. The summed E-state index contributed by atoms with van der Waals surface area (Å²) in [6.07, 6.45) is 0.903. The molecule has 0 bridgehead atoms. The zero-order valence-electron chi connectivity index (χ0n) is 11.7. The van der Waals surface area contributed by atoms with E-state index in [-0.39, 0.29) is 6.04 Å². The maximum atomic E-state index is 6.43.